The van der Waals surface area contributed by atoms with E-state index >= 15 is 0 Å². The molecule has 2 heterocycles. The Balaban J connectivity index is 0.00000320. The predicted octanol–water partition coefficient (Wildman–Crippen LogP) is 3.82. The fourth-order valence-corrected chi connectivity index (χ4v) is 3.56. The standard InChI is InChI=1S/C23H33N5O.HI/c1-3-13-28-14-10-21(11-15-28)27-23(24-2)26-17-20-9-12-25-22(16-20)29-18-19-7-5-4-6-8-19;/h4-9,12,16,21H,3,10-11,13-15,17-18H2,1-2H3,(H2,24,26,27);1H. The van der Waals surface area contributed by atoms with Crippen molar-refractivity contribution in [3.63, 3.8) is 0 Å². The molecule has 30 heavy (non-hydrogen) atoms. The first-order valence-corrected chi connectivity index (χ1v) is 10.6. The van der Waals surface area contributed by atoms with Crippen LogP contribution in [0, 0.1) is 0 Å². The van der Waals surface area contributed by atoms with Gasteiger partial charge in [0.25, 0.3) is 0 Å². The third kappa shape index (κ3) is 8.10. The van der Waals surface area contributed by atoms with Gasteiger partial charge in [0.15, 0.2) is 5.96 Å². The number of rotatable bonds is 8. The molecule has 6 nitrogen and oxygen atoms in total. The van der Waals surface area contributed by atoms with E-state index in [2.05, 4.69) is 32.4 Å². The van der Waals surface area contributed by atoms with Gasteiger partial charge < -0.3 is 20.3 Å². The average Bonchev–Trinajstić information content (AvgIpc) is 2.77. The average molecular weight is 523 g/mol. The Kier molecular flexibility index (Phi) is 10.9. The molecule has 1 fully saturated rings. The van der Waals surface area contributed by atoms with E-state index in [0.29, 0.717) is 25.1 Å². The summed E-state index contributed by atoms with van der Waals surface area (Å²) in [7, 11) is 1.82. The molecule has 0 radical (unpaired) electrons. The molecule has 0 unspecified atom stereocenters. The summed E-state index contributed by atoms with van der Waals surface area (Å²) in [5, 5.41) is 6.98. The first kappa shape index (κ1) is 24.4. The summed E-state index contributed by atoms with van der Waals surface area (Å²) in [6.45, 7) is 6.97. The molecule has 3 rings (SSSR count). The van der Waals surface area contributed by atoms with Crippen molar-refractivity contribution in [2.45, 2.75) is 45.4 Å². The van der Waals surface area contributed by atoms with Crippen LogP contribution in [0.5, 0.6) is 5.88 Å². The van der Waals surface area contributed by atoms with Gasteiger partial charge in [0.1, 0.15) is 6.61 Å². The molecule has 0 spiro atoms. The van der Waals surface area contributed by atoms with E-state index in [9.17, 15) is 0 Å². The summed E-state index contributed by atoms with van der Waals surface area (Å²) in [4.78, 5) is 11.2. The first-order valence-electron chi connectivity index (χ1n) is 10.6. The maximum Gasteiger partial charge on any atom is 0.213 e. The van der Waals surface area contributed by atoms with Gasteiger partial charge in [-0.2, -0.15) is 0 Å². The number of hydrogen-bond donors (Lipinski definition) is 2. The zero-order valence-corrected chi connectivity index (χ0v) is 20.3. The second-order valence-electron chi connectivity index (χ2n) is 7.46. The minimum absolute atomic E-state index is 0. The number of likely N-dealkylation sites (tertiary alicyclic amines) is 1. The van der Waals surface area contributed by atoms with E-state index in [4.69, 9.17) is 4.74 Å². The number of pyridine rings is 1. The smallest absolute Gasteiger partial charge is 0.213 e. The van der Waals surface area contributed by atoms with Gasteiger partial charge in [-0.1, -0.05) is 37.3 Å². The van der Waals surface area contributed by atoms with E-state index in [0.717, 1.165) is 43.0 Å². The summed E-state index contributed by atoms with van der Waals surface area (Å²) < 4.78 is 5.83. The summed E-state index contributed by atoms with van der Waals surface area (Å²) in [5.74, 6) is 1.49. The van der Waals surface area contributed by atoms with Crippen LogP contribution in [0.3, 0.4) is 0 Å². The molecular formula is C23H34IN5O. The third-order valence-corrected chi connectivity index (χ3v) is 5.18. The van der Waals surface area contributed by atoms with E-state index in [1.807, 2.05) is 49.5 Å². The van der Waals surface area contributed by atoms with Crippen molar-refractivity contribution in [2.24, 2.45) is 4.99 Å². The Bertz CT molecular complexity index is 763. The SMILES string of the molecule is CCCN1CCC(NC(=NC)NCc2ccnc(OCc3ccccc3)c2)CC1.I. The van der Waals surface area contributed by atoms with Crippen molar-refractivity contribution >= 4 is 29.9 Å². The highest BCUT2D eigenvalue weighted by atomic mass is 127. The van der Waals surface area contributed by atoms with Crippen LogP contribution in [-0.2, 0) is 13.2 Å². The molecule has 1 aliphatic rings. The van der Waals surface area contributed by atoms with Crippen LogP contribution in [0.1, 0.15) is 37.3 Å². The lowest BCUT2D eigenvalue weighted by Gasteiger charge is -2.32. The van der Waals surface area contributed by atoms with E-state index in [1.165, 1.54) is 13.0 Å². The van der Waals surface area contributed by atoms with Crippen molar-refractivity contribution in [3.8, 4) is 5.88 Å². The topological polar surface area (TPSA) is 61.8 Å². The van der Waals surface area contributed by atoms with Gasteiger partial charge in [-0.05, 0) is 43.0 Å². The summed E-state index contributed by atoms with van der Waals surface area (Å²) in [6.07, 6.45) is 5.34. The quantitative estimate of drug-likeness (QED) is 0.313. The number of nitrogens with zero attached hydrogens (tertiary/aromatic N) is 3. The van der Waals surface area contributed by atoms with Crippen molar-refractivity contribution in [3.05, 3.63) is 59.8 Å². The van der Waals surface area contributed by atoms with Crippen LogP contribution < -0.4 is 15.4 Å². The molecule has 0 amide bonds. The second kappa shape index (κ2) is 13.4. The van der Waals surface area contributed by atoms with E-state index < -0.39 is 0 Å². The normalized spacial score (nSPS) is 15.3. The third-order valence-electron chi connectivity index (χ3n) is 5.18. The summed E-state index contributed by atoms with van der Waals surface area (Å²) >= 11 is 0. The fraction of sp³-hybridized carbons (Fsp3) is 0.478. The van der Waals surface area contributed by atoms with Gasteiger partial charge in [-0.25, -0.2) is 4.98 Å². The maximum absolute atomic E-state index is 5.83. The zero-order valence-electron chi connectivity index (χ0n) is 18.0. The fourth-order valence-electron chi connectivity index (χ4n) is 3.56. The lowest BCUT2D eigenvalue weighted by Crippen LogP contribution is -2.48. The highest BCUT2D eigenvalue weighted by Crippen LogP contribution is 2.13. The van der Waals surface area contributed by atoms with Crippen LogP contribution in [-0.4, -0.2) is 48.6 Å². The largest absolute Gasteiger partial charge is 0.473 e. The number of guanidine groups is 1. The lowest BCUT2D eigenvalue weighted by molar-refractivity contribution is 0.206. The van der Waals surface area contributed by atoms with E-state index in [-0.39, 0.29) is 24.0 Å². The van der Waals surface area contributed by atoms with Gasteiger partial charge in [-0.15, -0.1) is 24.0 Å². The second-order valence-corrected chi connectivity index (χ2v) is 7.46. The molecule has 0 atom stereocenters. The number of benzene rings is 1. The highest BCUT2D eigenvalue weighted by Gasteiger charge is 2.19. The Morgan fingerprint density at radius 1 is 1.17 bits per heavy atom. The minimum Gasteiger partial charge on any atom is -0.473 e. The van der Waals surface area contributed by atoms with Crippen LogP contribution in [0.4, 0.5) is 0 Å². The van der Waals surface area contributed by atoms with Gasteiger partial charge >= 0.3 is 0 Å². The summed E-state index contributed by atoms with van der Waals surface area (Å²) in [5.41, 5.74) is 2.25. The molecule has 0 aliphatic carbocycles. The molecule has 1 aliphatic heterocycles. The monoisotopic (exact) mass is 523 g/mol. The number of aliphatic imine (C=N–C) groups is 1. The lowest BCUT2D eigenvalue weighted by atomic mass is 10.1. The predicted molar refractivity (Wildman–Crippen MR) is 134 cm³/mol. The Hall–Kier alpha value is -1.87. The highest BCUT2D eigenvalue weighted by molar-refractivity contribution is 14.0. The Labute approximate surface area is 197 Å². The number of hydrogen-bond acceptors (Lipinski definition) is 4. The zero-order chi connectivity index (χ0) is 20.3. The number of nitrogens with one attached hydrogen (secondary N) is 2. The number of ether oxygens (including phenoxy) is 1. The van der Waals surface area contributed by atoms with Gasteiger partial charge in [0, 0.05) is 45.0 Å². The first-order chi connectivity index (χ1) is 14.3. The molecule has 7 heteroatoms. The van der Waals surface area contributed by atoms with Crippen molar-refractivity contribution in [1.29, 1.82) is 0 Å². The molecule has 0 bridgehead atoms. The van der Waals surface area contributed by atoms with Crippen LogP contribution in [0.2, 0.25) is 0 Å². The number of piperidine rings is 1. The molecule has 164 valence electrons. The van der Waals surface area contributed by atoms with Crippen molar-refractivity contribution in [1.82, 2.24) is 20.5 Å². The number of halogens is 1. The molecule has 2 N–H and O–H groups in total. The minimum atomic E-state index is 0. The Morgan fingerprint density at radius 3 is 2.63 bits per heavy atom. The van der Waals surface area contributed by atoms with E-state index in [1.54, 1.807) is 6.20 Å². The summed E-state index contributed by atoms with van der Waals surface area (Å²) in [6, 6.07) is 14.6. The van der Waals surface area contributed by atoms with Gasteiger partial charge in [0.2, 0.25) is 5.88 Å². The van der Waals surface area contributed by atoms with Crippen LogP contribution in [0.15, 0.2) is 53.7 Å². The Morgan fingerprint density at radius 2 is 1.93 bits per heavy atom. The molecule has 2 aromatic rings. The molecule has 1 saturated heterocycles. The van der Waals surface area contributed by atoms with Crippen LogP contribution >= 0.6 is 24.0 Å². The van der Waals surface area contributed by atoms with Crippen molar-refractivity contribution < 1.29 is 4.74 Å². The number of aromatic nitrogens is 1. The molecule has 0 saturated carbocycles. The van der Waals surface area contributed by atoms with Crippen LogP contribution in [0.25, 0.3) is 0 Å². The molecular weight excluding hydrogens is 489 g/mol. The van der Waals surface area contributed by atoms with Gasteiger partial charge in [0.05, 0.1) is 0 Å². The molecule has 1 aromatic heterocycles. The van der Waals surface area contributed by atoms with Crippen molar-refractivity contribution in [2.75, 3.05) is 26.7 Å². The molecule has 1 aromatic carbocycles. The van der Waals surface area contributed by atoms with Gasteiger partial charge in [-0.3, -0.25) is 4.99 Å². The maximum atomic E-state index is 5.83.